The molecule has 0 aliphatic rings. The van der Waals surface area contributed by atoms with Gasteiger partial charge in [-0.2, -0.15) is 0 Å². The molecule has 0 heterocycles. The van der Waals surface area contributed by atoms with Gasteiger partial charge in [0, 0.05) is 19.0 Å². The van der Waals surface area contributed by atoms with Gasteiger partial charge in [-0.1, -0.05) is 36.4 Å². The molecule has 0 unspecified atom stereocenters. The molecule has 0 fully saturated rings. The van der Waals surface area contributed by atoms with Crippen molar-refractivity contribution in [2.45, 2.75) is 18.4 Å². The summed E-state index contributed by atoms with van der Waals surface area (Å²) in [6, 6.07) is 14.6. The van der Waals surface area contributed by atoms with Crippen molar-refractivity contribution in [3.05, 3.63) is 65.7 Å². The largest absolute Gasteiger partial charge is 0.274 e. The third-order valence-corrected chi connectivity index (χ3v) is 4.47. The zero-order valence-corrected chi connectivity index (χ0v) is 13.8. The molecule has 0 saturated carbocycles. The molecule has 0 radical (unpaired) electrons. The first-order chi connectivity index (χ1) is 11.4. The topological polar surface area (TPSA) is 104 Å². The molecule has 2 aromatic carbocycles. The van der Waals surface area contributed by atoms with Crippen molar-refractivity contribution in [2.24, 2.45) is 0 Å². The van der Waals surface area contributed by atoms with Gasteiger partial charge >= 0.3 is 0 Å². The van der Waals surface area contributed by atoms with E-state index in [9.17, 15) is 18.0 Å². The smallest absolute Gasteiger partial charge is 0.269 e. The Kier molecular flexibility index (Phi) is 5.67. The number of amides is 2. The lowest BCUT2D eigenvalue weighted by Crippen LogP contribution is -2.40. The molecular weight excluding hydrogens is 330 g/mol. The Morgan fingerprint density at radius 3 is 2.33 bits per heavy atom. The van der Waals surface area contributed by atoms with Crippen LogP contribution >= 0.6 is 0 Å². The Morgan fingerprint density at radius 2 is 1.67 bits per heavy atom. The van der Waals surface area contributed by atoms with Gasteiger partial charge in [-0.3, -0.25) is 20.4 Å². The fraction of sp³-hybridized carbons (Fsp3) is 0.125. The zero-order chi connectivity index (χ0) is 17.6. The molecular formula is C16H17N3O4S. The van der Waals surface area contributed by atoms with Gasteiger partial charge in [0.25, 0.3) is 5.91 Å². The van der Waals surface area contributed by atoms with Gasteiger partial charge in [0.1, 0.15) is 0 Å². The third-order valence-electron chi connectivity index (χ3n) is 3.07. The maximum Gasteiger partial charge on any atom is 0.269 e. The highest BCUT2D eigenvalue weighted by atomic mass is 32.2. The Balaban J connectivity index is 2.11. The minimum atomic E-state index is -3.76. The average molecular weight is 347 g/mol. The highest BCUT2D eigenvalue weighted by Crippen LogP contribution is 2.12. The van der Waals surface area contributed by atoms with Gasteiger partial charge in [-0.15, -0.1) is 0 Å². The summed E-state index contributed by atoms with van der Waals surface area (Å²) in [6.07, 6.45) is 0. The lowest BCUT2D eigenvalue weighted by molar-refractivity contribution is -0.119. The summed E-state index contributed by atoms with van der Waals surface area (Å²) < 4.78 is 27.1. The maximum absolute atomic E-state index is 12.3. The predicted molar refractivity (Wildman–Crippen MR) is 88.2 cm³/mol. The van der Waals surface area contributed by atoms with E-state index in [1.807, 2.05) is 18.2 Å². The van der Waals surface area contributed by atoms with Gasteiger partial charge < -0.3 is 0 Å². The van der Waals surface area contributed by atoms with Crippen molar-refractivity contribution in [1.29, 1.82) is 0 Å². The van der Waals surface area contributed by atoms with E-state index in [4.69, 9.17) is 0 Å². The van der Waals surface area contributed by atoms with Crippen LogP contribution in [0.2, 0.25) is 0 Å². The quantitative estimate of drug-likeness (QED) is 0.700. The predicted octanol–water partition coefficient (Wildman–Crippen LogP) is 0.946. The first-order valence-electron chi connectivity index (χ1n) is 7.09. The summed E-state index contributed by atoms with van der Waals surface area (Å²) in [7, 11) is -3.76. The van der Waals surface area contributed by atoms with Crippen molar-refractivity contribution < 1.29 is 18.0 Å². The van der Waals surface area contributed by atoms with Crippen LogP contribution in [0.4, 0.5) is 0 Å². The number of carbonyl (C=O) groups excluding carboxylic acids is 2. The summed E-state index contributed by atoms with van der Waals surface area (Å²) in [6.45, 7) is 1.39. The van der Waals surface area contributed by atoms with Gasteiger partial charge in [0.15, 0.2) is 0 Å². The number of nitrogens with one attached hydrogen (secondary N) is 3. The Morgan fingerprint density at radius 1 is 0.958 bits per heavy atom. The summed E-state index contributed by atoms with van der Waals surface area (Å²) in [5.41, 5.74) is 5.26. The second-order valence-corrected chi connectivity index (χ2v) is 6.74. The molecule has 0 aliphatic carbocycles. The van der Waals surface area contributed by atoms with E-state index in [1.54, 1.807) is 12.1 Å². The third kappa shape index (κ3) is 4.90. The monoisotopic (exact) mass is 347 g/mol. The van der Waals surface area contributed by atoms with Crippen LogP contribution in [0.5, 0.6) is 0 Å². The number of hydrogen-bond donors (Lipinski definition) is 3. The Hall–Kier alpha value is -2.71. The van der Waals surface area contributed by atoms with Crippen LogP contribution in [0.1, 0.15) is 22.8 Å². The highest BCUT2D eigenvalue weighted by Gasteiger charge is 2.16. The molecule has 24 heavy (non-hydrogen) atoms. The van der Waals surface area contributed by atoms with Crippen molar-refractivity contribution in [1.82, 2.24) is 15.6 Å². The minimum absolute atomic E-state index is 0.0334. The minimum Gasteiger partial charge on any atom is -0.274 e. The highest BCUT2D eigenvalue weighted by molar-refractivity contribution is 7.89. The van der Waals surface area contributed by atoms with E-state index in [-0.39, 0.29) is 17.0 Å². The fourth-order valence-electron chi connectivity index (χ4n) is 1.88. The molecule has 3 N–H and O–H groups in total. The molecule has 8 heteroatoms. The van der Waals surface area contributed by atoms with E-state index < -0.39 is 21.8 Å². The average Bonchev–Trinajstić information content (AvgIpc) is 2.59. The normalized spacial score (nSPS) is 10.9. The molecule has 2 aromatic rings. The lowest BCUT2D eigenvalue weighted by atomic mass is 10.2. The number of hydrazine groups is 1. The number of sulfonamides is 1. The van der Waals surface area contributed by atoms with Crippen LogP contribution in [0.3, 0.4) is 0 Å². The number of rotatable bonds is 5. The molecule has 0 bridgehead atoms. The first kappa shape index (κ1) is 17.6. The lowest BCUT2D eigenvalue weighted by Gasteiger charge is -2.09. The molecule has 7 nitrogen and oxygen atoms in total. The second-order valence-electron chi connectivity index (χ2n) is 4.97. The van der Waals surface area contributed by atoms with Crippen LogP contribution in [-0.2, 0) is 21.4 Å². The Bertz CT molecular complexity index is 835. The van der Waals surface area contributed by atoms with Crippen LogP contribution in [0, 0.1) is 0 Å². The first-order valence-corrected chi connectivity index (χ1v) is 8.57. The van der Waals surface area contributed by atoms with Crippen LogP contribution < -0.4 is 15.6 Å². The number of benzene rings is 2. The summed E-state index contributed by atoms with van der Waals surface area (Å²) >= 11 is 0. The maximum atomic E-state index is 12.3. The van der Waals surface area contributed by atoms with Gasteiger partial charge in [-0.25, -0.2) is 13.1 Å². The molecule has 0 aliphatic heterocycles. The van der Waals surface area contributed by atoms with Crippen LogP contribution in [-0.4, -0.2) is 20.2 Å². The molecule has 126 valence electrons. The molecule has 0 spiro atoms. The van der Waals surface area contributed by atoms with E-state index in [2.05, 4.69) is 15.6 Å². The van der Waals surface area contributed by atoms with E-state index in [0.717, 1.165) is 5.56 Å². The molecule has 2 amide bonds. The molecule has 0 aromatic heterocycles. The van der Waals surface area contributed by atoms with E-state index >= 15 is 0 Å². The van der Waals surface area contributed by atoms with Gasteiger partial charge in [0.05, 0.1) is 4.90 Å². The molecule has 0 saturated heterocycles. The zero-order valence-electron chi connectivity index (χ0n) is 12.9. The molecule has 2 rings (SSSR count). The van der Waals surface area contributed by atoms with Gasteiger partial charge in [0.2, 0.25) is 15.9 Å². The SMILES string of the molecule is CC(=O)NNC(=O)c1cccc(S(=O)(=O)NCc2ccccc2)c1. The number of hydrogen-bond acceptors (Lipinski definition) is 4. The van der Waals surface area contributed by atoms with Crippen LogP contribution in [0.15, 0.2) is 59.5 Å². The number of carbonyl (C=O) groups is 2. The second kappa shape index (κ2) is 7.71. The van der Waals surface area contributed by atoms with Crippen molar-refractivity contribution >= 4 is 21.8 Å². The summed E-state index contributed by atoms with van der Waals surface area (Å²) in [5, 5.41) is 0. The standard InChI is InChI=1S/C16H17N3O4S/c1-12(20)18-19-16(21)14-8-5-9-15(10-14)24(22,23)17-11-13-6-3-2-4-7-13/h2-10,17H,11H2,1H3,(H,18,20)(H,19,21). The van der Waals surface area contributed by atoms with Crippen LogP contribution in [0.25, 0.3) is 0 Å². The van der Waals surface area contributed by atoms with E-state index in [1.165, 1.54) is 31.2 Å². The molecule has 0 atom stereocenters. The van der Waals surface area contributed by atoms with Crippen molar-refractivity contribution in [3.8, 4) is 0 Å². The van der Waals surface area contributed by atoms with Crippen molar-refractivity contribution in [3.63, 3.8) is 0 Å². The summed E-state index contributed by atoms with van der Waals surface area (Å²) in [5.74, 6) is -1.04. The van der Waals surface area contributed by atoms with Gasteiger partial charge in [-0.05, 0) is 23.8 Å². The Labute approximate surface area is 140 Å². The summed E-state index contributed by atoms with van der Waals surface area (Å²) in [4.78, 5) is 22.6. The fourth-order valence-corrected chi connectivity index (χ4v) is 2.94. The van der Waals surface area contributed by atoms with E-state index in [0.29, 0.717) is 0 Å². The van der Waals surface area contributed by atoms with Crippen molar-refractivity contribution in [2.75, 3.05) is 0 Å².